The van der Waals surface area contributed by atoms with E-state index in [0.29, 0.717) is 5.94 Å². The van der Waals surface area contributed by atoms with Crippen LogP contribution in [0.2, 0.25) is 0 Å². The number of rotatable bonds is 12. The van der Waals surface area contributed by atoms with Gasteiger partial charge in [0.15, 0.2) is 0 Å². The fourth-order valence-electron chi connectivity index (χ4n) is 1.97. The quantitative estimate of drug-likeness (QED) is 0.178. The van der Waals surface area contributed by atoms with Crippen LogP contribution in [-0.2, 0) is 27.8 Å². The van der Waals surface area contributed by atoms with Crippen LogP contribution in [0.25, 0.3) is 0 Å². The summed E-state index contributed by atoms with van der Waals surface area (Å²) in [6.45, 7) is 2.30. The Hall–Kier alpha value is 0.755. The van der Waals surface area contributed by atoms with Crippen LogP contribution >= 0.6 is 29.4 Å². The molecule has 0 bridgehead atoms. The van der Waals surface area contributed by atoms with E-state index in [-0.39, 0.29) is 6.61 Å². The van der Waals surface area contributed by atoms with Crippen molar-refractivity contribution in [2.24, 2.45) is 0 Å². The molecule has 0 aromatic heterocycles. The summed E-state index contributed by atoms with van der Waals surface area (Å²) in [7, 11) is 7.57. The summed E-state index contributed by atoms with van der Waals surface area (Å²) >= 11 is 0. The average molecular weight is 386 g/mol. The van der Waals surface area contributed by atoms with Gasteiger partial charge in [0.05, 0.1) is 6.61 Å². The van der Waals surface area contributed by atoms with E-state index < -0.39 is 32.1 Å². The van der Waals surface area contributed by atoms with Gasteiger partial charge in [-0.2, -0.15) is 0 Å². The van der Waals surface area contributed by atoms with Crippen molar-refractivity contribution >= 4 is 37.3 Å². The van der Waals surface area contributed by atoms with Crippen LogP contribution in [-0.4, -0.2) is 69.6 Å². The molecule has 1 rings (SSSR count). The van der Waals surface area contributed by atoms with Crippen LogP contribution in [0.3, 0.4) is 0 Å². The Bertz CT molecular complexity index is 379. The molecule has 1 heterocycles. The molecular formula is C12H24BO7PS2. The van der Waals surface area contributed by atoms with Gasteiger partial charge in [-0.1, -0.05) is 34.9 Å². The van der Waals surface area contributed by atoms with Crippen LogP contribution in [0.4, 0.5) is 0 Å². The Morgan fingerprint density at radius 2 is 2.04 bits per heavy atom. The van der Waals surface area contributed by atoms with Gasteiger partial charge in [0.1, 0.15) is 32.1 Å². The lowest BCUT2D eigenvalue weighted by atomic mass is 9.93. The third kappa shape index (κ3) is 7.67. The standard InChI is InChI=1S/C12H24BO7PS2/c1-4-5-6-22-23-8-18-11-10(20-21(14,15)17-3)9(7-16-2)19-12(11)13/h9-12H,4-8H2,1-3H3,(H,14,15)/t9-,10+,11?,12-/m1/s1. The Balaban J connectivity index is 2.56. The molecule has 0 saturated carbocycles. The summed E-state index contributed by atoms with van der Waals surface area (Å²) in [5.41, 5.74) is 0. The molecule has 2 unspecified atom stereocenters. The second kappa shape index (κ2) is 11.4. The Morgan fingerprint density at radius 1 is 1.30 bits per heavy atom. The van der Waals surface area contributed by atoms with E-state index in [0.717, 1.165) is 25.7 Å². The van der Waals surface area contributed by atoms with Crippen molar-refractivity contribution in [1.29, 1.82) is 0 Å². The Kier molecular flexibility index (Phi) is 10.8. The largest absolute Gasteiger partial charge is 0.472 e. The number of methoxy groups -OCH3 is 1. The highest BCUT2D eigenvalue weighted by molar-refractivity contribution is 8.76. The van der Waals surface area contributed by atoms with Crippen LogP contribution < -0.4 is 0 Å². The zero-order valence-electron chi connectivity index (χ0n) is 13.6. The van der Waals surface area contributed by atoms with Crippen LogP contribution in [0, 0.1) is 0 Å². The zero-order chi connectivity index (χ0) is 17.3. The van der Waals surface area contributed by atoms with Crippen molar-refractivity contribution in [2.75, 3.05) is 32.5 Å². The van der Waals surface area contributed by atoms with Gasteiger partial charge in [-0.25, -0.2) is 4.57 Å². The highest BCUT2D eigenvalue weighted by atomic mass is 33.1. The lowest BCUT2D eigenvalue weighted by molar-refractivity contribution is -0.0270. The molecule has 1 N–H and O–H groups in total. The van der Waals surface area contributed by atoms with Gasteiger partial charge in [-0.3, -0.25) is 9.05 Å². The molecule has 0 aromatic rings. The van der Waals surface area contributed by atoms with Crippen LogP contribution in [0.5, 0.6) is 0 Å². The maximum Gasteiger partial charge on any atom is 0.472 e. The van der Waals surface area contributed by atoms with Crippen molar-refractivity contribution < 1.29 is 32.7 Å². The molecule has 7 nitrogen and oxygen atoms in total. The maximum atomic E-state index is 11.7. The number of ether oxygens (including phenoxy) is 3. The van der Waals surface area contributed by atoms with Crippen molar-refractivity contribution in [1.82, 2.24) is 0 Å². The zero-order valence-corrected chi connectivity index (χ0v) is 16.1. The minimum atomic E-state index is -4.18. The minimum absolute atomic E-state index is 0.167. The van der Waals surface area contributed by atoms with Gasteiger partial charge in [0.2, 0.25) is 0 Å². The summed E-state index contributed by atoms with van der Waals surface area (Å²) in [6, 6.07) is -0.766. The smallest absolute Gasteiger partial charge is 0.382 e. The van der Waals surface area contributed by atoms with Crippen molar-refractivity contribution in [3.63, 3.8) is 0 Å². The summed E-state index contributed by atoms with van der Waals surface area (Å²) in [4.78, 5) is 9.55. The SMILES string of the molecule is [B][C@@H]1O[C@H](COC)[C@H](OP(=O)(O)OC)C1OCSSCCCC. The first-order valence-corrected chi connectivity index (χ1v) is 11.3. The molecule has 11 heteroatoms. The van der Waals surface area contributed by atoms with Crippen LogP contribution in [0.15, 0.2) is 0 Å². The first-order valence-electron chi connectivity index (χ1n) is 7.28. The number of hydrogen-bond donors (Lipinski definition) is 1. The molecule has 0 amide bonds. The van der Waals surface area contributed by atoms with Gasteiger partial charge in [-0.15, -0.1) is 0 Å². The van der Waals surface area contributed by atoms with E-state index in [2.05, 4.69) is 11.4 Å². The van der Waals surface area contributed by atoms with E-state index >= 15 is 0 Å². The first kappa shape index (κ1) is 21.8. The maximum absolute atomic E-state index is 11.7. The molecule has 1 aliphatic heterocycles. The van der Waals surface area contributed by atoms with E-state index in [9.17, 15) is 9.46 Å². The average Bonchev–Trinajstić information content (AvgIpc) is 2.79. The summed E-state index contributed by atoms with van der Waals surface area (Å²) in [5.74, 6) is 1.41. The fraction of sp³-hybridized carbons (Fsp3) is 1.00. The highest BCUT2D eigenvalue weighted by Gasteiger charge is 2.47. The van der Waals surface area contributed by atoms with Gasteiger partial charge < -0.3 is 19.1 Å². The van der Waals surface area contributed by atoms with E-state index in [1.807, 2.05) is 0 Å². The lowest BCUT2D eigenvalue weighted by Crippen LogP contribution is -2.38. The molecule has 2 radical (unpaired) electrons. The predicted octanol–water partition coefficient (Wildman–Crippen LogP) is 2.18. The number of phosphoric acid groups is 1. The molecule has 1 saturated heterocycles. The fourth-order valence-corrected chi connectivity index (χ4v) is 4.50. The molecule has 0 aromatic carbocycles. The van der Waals surface area contributed by atoms with Gasteiger partial charge >= 0.3 is 7.82 Å². The van der Waals surface area contributed by atoms with E-state index in [1.165, 1.54) is 7.11 Å². The van der Waals surface area contributed by atoms with Crippen molar-refractivity contribution in [3.05, 3.63) is 0 Å². The Labute approximate surface area is 146 Å². The summed E-state index contributed by atoms with van der Waals surface area (Å²) < 4.78 is 37.6. The number of hydrogen-bond acceptors (Lipinski definition) is 8. The molecule has 0 spiro atoms. The van der Waals surface area contributed by atoms with Crippen LogP contribution in [0.1, 0.15) is 19.8 Å². The number of unbranched alkanes of at least 4 members (excludes halogenated alkanes) is 1. The van der Waals surface area contributed by atoms with Crippen molar-refractivity contribution in [2.45, 2.75) is 44.1 Å². The normalized spacial score (nSPS) is 30.4. The van der Waals surface area contributed by atoms with E-state index in [4.69, 9.17) is 26.6 Å². The highest BCUT2D eigenvalue weighted by Crippen LogP contribution is 2.46. The van der Waals surface area contributed by atoms with Gasteiger partial charge in [0.25, 0.3) is 0 Å². The minimum Gasteiger partial charge on any atom is -0.382 e. The molecule has 0 aliphatic carbocycles. The second-order valence-electron chi connectivity index (χ2n) is 4.86. The summed E-state index contributed by atoms with van der Waals surface area (Å²) in [5, 5.41) is 0. The molecule has 1 aliphatic rings. The summed E-state index contributed by atoms with van der Waals surface area (Å²) in [6.07, 6.45) is 0.167. The monoisotopic (exact) mass is 386 g/mol. The van der Waals surface area contributed by atoms with Gasteiger partial charge in [-0.05, 0) is 6.42 Å². The predicted molar refractivity (Wildman–Crippen MR) is 92.7 cm³/mol. The lowest BCUT2D eigenvalue weighted by Gasteiger charge is -2.25. The third-order valence-electron chi connectivity index (χ3n) is 3.14. The molecular weight excluding hydrogens is 362 g/mol. The Morgan fingerprint density at radius 3 is 2.65 bits per heavy atom. The molecule has 5 atom stereocenters. The van der Waals surface area contributed by atoms with Crippen molar-refractivity contribution in [3.8, 4) is 0 Å². The molecule has 134 valence electrons. The van der Waals surface area contributed by atoms with Gasteiger partial charge in [0, 0.05) is 26.0 Å². The second-order valence-corrected chi connectivity index (χ2v) is 8.90. The van der Waals surface area contributed by atoms with E-state index in [1.54, 1.807) is 21.6 Å². The topological polar surface area (TPSA) is 83.5 Å². The number of phosphoric ester groups is 1. The first-order chi connectivity index (χ1) is 10.9. The molecule has 23 heavy (non-hydrogen) atoms. The molecule has 1 fully saturated rings. The third-order valence-corrected chi connectivity index (χ3v) is 6.25.